The Morgan fingerprint density at radius 1 is 0.939 bits per heavy atom. The summed E-state index contributed by atoms with van der Waals surface area (Å²) >= 11 is 1.91. The fourth-order valence-corrected chi connectivity index (χ4v) is 3.58. The maximum atomic E-state index is 13.3. The molecule has 0 fully saturated rings. The van der Waals surface area contributed by atoms with E-state index < -0.39 is 41.7 Å². The van der Waals surface area contributed by atoms with Crippen LogP contribution in [0.25, 0.3) is 11.1 Å². The minimum atomic E-state index is -4.99. The van der Waals surface area contributed by atoms with Gasteiger partial charge in [0, 0.05) is 19.8 Å². The quantitative estimate of drug-likeness (QED) is 0.193. The minimum absolute atomic E-state index is 0.0288. The van der Waals surface area contributed by atoms with Gasteiger partial charge in [-0.25, -0.2) is 9.37 Å². The van der Waals surface area contributed by atoms with Crippen LogP contribution in [0.1, 0.15) is 27.0 Å². The normalized spacial score (nSPS) is 12.0. The Bertz CT molecular complexity index is 1140. The van der Waals surface area contributed by atoms with Crippen molar-refractivity contribution in [2.75, 3.05) is 7.05 Å². The molecule has 1 amide bonds. The molecule has 0 unspecified atom stereocenters. The summed E-state index contributed by atoms with van der Waals surface area (Å²) in [6.45, 7) is -0.513. The van der Waals surface area contributed by atoms with Crippen molar-refractivity contribution in [1.82, 2.24) is 9.88 Å². The molecule has 0 aliphatic carbocycles. The standard InChI is InChI=1S/C22H14F7IN2O/c1-32(11-12-6-14(21(24,25)26)8-15(7-12)22(27,28)29)20(33)18-10-31-19(30)9-17(18)13-2-4-16(23)5-3-13/h2-10H,11H2,1H3. The summed E-state index contributed by atoms with van der Waals surface area (Å²) < 4.78 is 92.5. The lowest BCUT2D eigenvalue weighted by atomic mass is 10.0. The number of hydrogen-bond donors (Lipinski definition) is 0. The molecule has 3 rings (SSSR count). The number of benzene rings is 2. The van der Waals surface area contributed by atoms with Gasteiger partial charge in [-0.15, -0.1) is 0 Å². The number of hydrogen-bond acceptors (Lipinski definition) is 2. The van der Waals surface area contributed by atoms with E-state index in [1.165, 1.54) is 37.5 Å². The zero-order valence-corrected chi connectivity index (χ0v) is 18.9. The van der Waals surface area contributed by atoms with E-state index in [0.29, 0.717) is 27.0 Å². The van der Waals surface area contributed by atoms with E-state index in [0.717, 1.165) is 4.90 Å². The van der Waals surface area contributed by atoms with Crippen molar-refractivity contribution in [2.24, 2.45) is 0 Å². The van der Waals surface area contributed by atoms with Crippen LogP contribution >= 0.6 is 22.6 Å². The van der Waals surface area contributed by atoms with Gasteiger partial charge in [0.2, 0.25) is 0 Å². The molecule has 0 aliphatic rings. The van der Waals surface area contributed by atoms with E-state index in [9.17, 15) is 35.5 Å². The molecule has 3 aromatic rings. The van der Waals surface area contributed by atoms with E-state index in [-0.39, 0.29) is 17.2 Å². The van der Waals surface area contributed by atoms with E-state index in [1.54, 1.807) is 6.07 Å². The van der Waals surface area contributed by atoms with Crippen LogP contribution in [0, 0.1) is 9.52 Å². The Morgan fingerprint density at radius 2 is 1.48 bits per heavy atom. The van der Waals surface area contributed by atoms with Gasteiger partial charge >= 0.3 is 12.4 Å². The van der Waals surface area contributed by atoms with Crippen molar-refractivity contribution in [3.05, 3.63) is 86.5 Å². The van der Waals surface area contributed by atoms with Crippen LogP contribution in [0.4, 0.5) is 30.7 Å². The van der Waals surface area contributed by atoms with Gasteiger partial charge in [0.15, 0.2) is 0 Å². The molecule has 3 nitrogen and oxygen atoms in total. The maximum Gasteiger partial charge on any atom is 0.416 e. The molecule has 33 heavy (non-hydrogen) atoms. The Labute approximate surface area is 197 Å². The molecule has 0 bridgehead atoms. The molecule has 0 saturated carbocycles. The SMILES string of the molecule is CN(Cc1cc(C(F)(F)F)cc(C(F)(F)F)c1)C(=O)c1cnc(I)cc1-c1ccc(F)cc1. The highest BCUT2D eigenvalue weighted by Gasteiger charge is 2.37. The number of rotatable bonds is 4. The summed E-state index contributed by atoms with van der Waals surface area (Å²) in [5, 5.41) is 0. The number of aromatic nitrogens is 1. The highest BCUT2D eigenvalue weighted by Crippen LogP contribution is 2.36. The first-order valence-corrected chi connectivity index (χ1v) is 10.3. The fraction of sp³-hybridized carbons (Fsp3) is 0.182. The smallest absolute Gasteiger partial charge is 0.337 e. The topological polar surface area (TPSA) is 33.2 Å². The van der Waals surface area contributed by atoms with E-state index in [1.807, 2.05) is 22.6 Å². The van der Waals surface area contributed by atoms with Crippen LogP contribution in [-0.4, -0.2) is 22.8 Å². The third kappa shape index (κ3) is 6.01. The van der Waals surface area contributed by atoms with Crippen molar-refractivity contribution in [3.8, 4) is 11.1 Å². The second kappa shape index (κ2) is 9.27. The van der Waals surface area contributed by atoms with Crippen LogP contribution in [-0.2, 0) is 18.9 Å². The first-order chi connectivity index (χ1) is 15.3. The largest absolute Gasteiger partial charge is 0.416 e. The Kier molecular flexibility index (Phi) is 7.01. The van der Waals surface area contributed by atoms with Crippen molar-refractivity contribution in [3.63, 3.8) is 0 Å². The van der Waals surface area contributed by atoms with Gasteiger partial charge in [-0.1, -0.05) is 12.1 Å². The first-order valence-electron chi connectivity index (χ1n) is 9.21. The molecule has 174 valence electrons. The van der Waals surface area contributed by atoms with Gasteiger partial charge in [-0.2, -0.15) is 26.3 Å². The Balaban J connectivity index is 1.97. The summed E-state index contributed by atoms with van der Waals surface area (Å²) in [7, 11) is 1.25. The summed E-state index contributed by atoms with van der Waals surface area (Å²) in [6.07, 6.45) is -8.73. The number of nitrogens with zero attached hydrogens (tertiary/aromatic N) is 2. The van der Waals surface area contributed by atoms with Crippen LogP contribution in [0.15, 0.2) is 54.7 Å². The van der Waals surface area contributed by atoms with Crippen LogP contribution in [0.2, 0.25) is 0 Å². The lowest BCUT2D eigenvalue weighted by Crippen LogP contribution is -2.27. The number of amides is 1. The molecule has 0 aliphatic heterocycles. The molecular formula is C22H14F7IN2O. The monoisotopic (exact) mass is 582 g/mol. The molecule has 11 heteroatoms. The van der Waals surface area contributed by atoms with E-state index in [2.05, 4.69) is 4.98 Å². The van der Waals surface area contributed by atoms with Crippen molar-refractivity contribution >= 4 is 28.5 Å². The van der Waals surface area contributed by atoms with Crippen molar-refractivity contribution < 1.29 is 35.5 Å². The average Bonchev–Trinajstić information content (AvgIpc) is 2.72. The minimum Gasteiger partial charge on any atom is -0.337 e. The Morgan fingerprint density at radius 3 is 2.00 bits per heavy atom. The number of carbonyl (C=O) groups excluding carboxylic acids is 1. The summed E-state index contributed by atoms with van der Waals surface area (Å²) in [4.78, 5) is 18.1. The van der Waals surface area contributed by atoms with Crippen LogP contribution in [0.5, 0.6) is 0 Å². The predicted octanol–water partition coefficient (Wildman–Crippen LogP) is 6.80. The third-order valence-electron chi connectivity index (χ3n) is 4.67. The van der Waals surface area contributed by atoms with Crippen LogP contribution in [0.3, 0.4) is 0 Å². The molecule has 0 radical (unpaired) electrons. The summed E-state index contributed by atoms with van der Waals surface area (Å²) in [5.41, 5.74) is -2.31. The van der Waals surface area contributed by atoms with Gasteiger partial charge in [0.25, 0.3) is 5.91 Å². The van der Waals surface area contributed by atoms with Gasteiger partial charge in [0.05, 0.1) is 16.7 Å². The second-order valence-corrected chi connectivity index (χ2v) is 8.24. The zero-order valence-electron chi connectivity index (χ0n) is 16.7. The molecule has 1 aromatic heterocycles. The molecule has 0 atom stereocenters. The summed E-state index contributed by atoms with van der Waals surface area (Å²) in [5.74, 6) is -1.17. The van der Waals surface area contributed by atoms with Gasteiger partial charge in [-0.05, 0) is 75.7 Å². The highest BCUT2D eigenvalue weighted by atomic mass is 127. The third-order valence-corrected chi connectivity index (χ3v) is 5.26. The number of alkyl halides is 6. The number of carbonyl (C=O) groups is 1. The second-order valence-electron chi connectivity index (χ2n) is 7.13. The Hall–Kier alpha value is -2.70. The molecule has 0 N–H and O–H groups in total. The zero-order chi connectivity index (χ0) is 24.6. The van der Waals surface area contributed by atoms with Gasteiger partial charge in [-0.3, -0.25) is 4.79 Å². The maximum absolute atomic E-state index is 13.3. The fourth-order valence-electron chi connectivity index (χ4n) is 3.13. The summed E-state index contributed by atoms with van der Waals surface area (Å²) in [6, 6.07) is 8.03. The number of pyridine rings is 1. The van der Waals surface area contributed by atoms with Gasteiger partial charge in [0.1, 0.15) is 9.52 Å². The van der Waals surface area contributed by atoms with Gasteiger partial charge < -0.3 is 4.90 Å². The molecule has 0 spiro atoms. The lowest BCUT2D eigenvalue weighted by molar-refractivity contribution is -0.143. The number of halogens is 8. The first kappa shape index (κ1) is 24.9. The molecule has 2 aromatic carbocycles. The predicted molar refractivity (Wildman–Crippen MR) is 115 cm³/mol. The van der Waals surface area contributed by atoms with E-state index in [4.69, 9.17) is 0 Å². The molecular weight excluding hydrogens is 568 g/mol. The molecule has 1 heterocycles. The van der Waals surface area contributed by atoms with Crippen LogP contribution < -0.4 is 0 Å². The lowest BCUT2D eigenvalue weighted by Gasteiger charge is -2.21. The van der Waals surface area contributed by atoms with Crippen molar-refractivity contribution in [2.45, 2.75) is 18.9 Å². The van der Waals surface area contributed by atoms with E-state index >= 15 is 0 Å². The highest BCUT2D eigenvalue weighted by molar-refractivity contribution is 14.1. The average molecular weight is 582 g/mol. The van der Waals surface area contributed by atoms with Crippen molar-refractivity contribution in [1.29, 1.82) is 0 Å². The molecule has 0 saturated heterocycles.